The molecule has 0 spiro atoms. The fourth-order valence-corrected chi connectivity index (χ4v) is 2.90. The topological polar surface area (TPSA) is 104 Å². The summed E-state index contributed by atoms with van der Waals surface area (Å²) in [7, 11) is 0. The third kappa shape index (κ3) is 3.83. The first-order chi connectivity index (χ1) is 13.5. The van der Waals surface area contributed by atoms with Gasteiger partial charge in [0, 0.05) is 11.1 Å². The van der Waals surface area contributed by atoms with E-state index in [1.54, 1.807) is 31.2 Å². The Morgan fingerprint density at radius 3 is 2.11 bits per heavy atom. The summed E-state index contributed by atoms with van der Waals surface area (Å²) in [5, 5.41) is 4.36. The van der Waals surface area contributed by atoms with Crippen LogP contribution in [-0.2, 0) is 16.1 Å². The fraction of sp³-hybridized carbons (Fsp3) is 0.143. The summed E-state index contributed by atoms with van der Waals surface area (Å²) in [6, 6.07) is 18.1. The quantitative estimate of drug-likeness (QED) is 0.664. The normalized spacial score (nSPS) is 10.5. The van der Waals surface area contributed by atoms with Gasteiger partial charge in [0.1, 0.15) is 12.1 Å². The number of aromatic nitrogens is 2. The molecule has 1 amide bonds. The summed E-state index contributed by atoms with van der Waals surface area (Å²) < 4.78 is 6.03. The van der Waals surface area contributed by atoms with Crippen molar-refractivity contribution in [1.82, 2.24) is 9.78 Å². The van der Waals surface area contributed by atoms with Gasteiger partial charge in [-0.05, 0) is 12.5 Å². The zero-order valence-corrected chi connectivity index (χ0v) is 15.3. The van der Waals surface area contributed by atoms with E-state index in [0.29, 0.717) is 22.4 Å². The molecule has 0 saturated heterocycles. The number of hydrogen-bond acceptors (Lipinski definition) is 5. The molecule has 0 radical (unpaired) electrons. The van der Waals surface area contributed by atoms with Crippen LogP contribution < -0.4 is 11.3 Å². The Labute approximate surface area is 161 Å². The van der Waals surface area contributed by atoms with Crippen LogP contribution in [0.5, 0.6) is 0 Å². The van der Waals surface area contributed by atoms with Gasteiger partial charge in [0.25, 0.3) is 5.56 Å². The number of esters is 1. The Balaban J connectivity index is 2.42. The van der Waals surface area contributed by atoms with Gasteiger partial charge in [-0.1, -0.05) is 60.7 Å². The van der Waals surface area contributed by atoms with E-state index in [0.717, 1.165) is 4.68 Å². The van der Waals surface area contributed by atoms with Crippen molar-refractivity contribution in [2.24, 2.45) is 5.73 Å². The number of nitrogens with zero attached hydrogens (tertiary/aromatic N) is 2. The van der Waals surface area contributed by atoms with E-state index in [-0.39, 0.29) is 12.2 Å². The third-order valence-electron chi connectivity index (χ3n) is 4.05. The minimum Gasteiger partial charge on any atom is -0.462 e. The third-order valence-corrected chi connectivity index (χ3v) is 4.05. The standard InChI is InChI=1S/C21H19N3O4/c1-2-28-21(27)18-17(14-9-5-3-6-10-14)19(15-11-7-4-8-12-15)23-24(20(18)26)13-16(22)25/h3-12H,2,13H2,1H3,(H2,22,25). The van der Waals surface area contributed by atoms with Crippen LogP contribution in [0, 0.1) is 0 Å². The van der Waals surface area contributed by atoms with Crippen LogP contribution in [-0.4, -0.2) is 28.3 Å². The van der Waals surface area contributed by atoms with Crippen molar-refractivity contribution in [3.05, 3.63) is 76.6 Å². The largest absolute Gasteiger partial charge is 0.462 e. The van der Waals surface area contributed by atoms with Crippen LogP contribution in [0.15, 0.2) is 65.5 Å². The van der Waals surface area contributed by atoms with Crippen molar-refractivity contribution >= 4 is 11.9 Å². The lowest BCUT2D eigenvalue weighted by Crippen LogP contribution is -2.35. The van der Waals surface area contributed by atoms with E-state index in [1.165, 1.54) is 0 Å². The number of rotatable bonds is 6. The van der Waals surface area contributed by atoms with Crippen molar-refractivity contribution in [1.29, 1.82) is 0 Å². The molecule has 2 aromatic carbocycles. The summed E-state index contributed by atoms with van der Waals surface area (Å²) in [5.41, 5.74) is 6.42. The molecule has 3 rings (SSSR count). The number of nitrogens with two attached hydrogens (primary N) is 1. The van der Waals surface area contributed by atoms with E-state index in [9.17, 15) is 14.4 Å². The molecule has 0 unspecified atom stereocenters. The van der Waals surface area contributed by atoms with Crippen LogP contribution in [0.2, 0.25) is 0 Å². The van der Waals surface area contributed by atoms with Crippen molar-refractivity contribution < 1.29 is 14.3 Å². The van der Waals surface area contributed by atoms with Crippen molar-refractivity contribution in [3.8, 4) is 22.4 Å². The second-order valence-corrected chi connectivity index (χ2v) is 5.98. The molecule has 2 N–H and O–H groups in total. The summed E-state index contributed by atoms with van der Waals surface area (Å²) in [6.45, 7) is 1.31. The van der Waals surface area contributed by atoms with E-state index in [4.69, 9.17) is 10.5 Å². The lowest BCUT2D eigenvalue weighted by Gasteiger charge is -2.16. The average Bonchev–Trinajstić information content (AvgIpc) is 2.70. The monoisotopic (exact) mass is 377 g/mol. The van der Waals surface area contributed by atoms with Gasteiger partial charge in [0.05, 0.1) is 12.3 Å². The number of carbonyl (C=O) groups is 2. The lowest BCUT2D eigenvalue weighted by molar-refractivity contribution is -0.118. The van der Waals surface area contributed by atoms with Gasteiger partial charge < -0.3 is 10.5 Å². The predicted octanol–water partition coefficient (Wildman–Crippen LogP) is 2.24. The lowest BCUT2D eigenvalue weighted by atomic mass is 9.95. The maximum atomic E-state index is 13.0. The molecule has 0 fully saturated rings. The number of carbonyl (C=O) groups excluding carboxylic acids is 2. The second-order valence-electron chi connectivity index (χ2n) is 5.98. The summed E-state index contributed by atoms with van der Waals surface area (Å²) in [5.74, 6) is -1.51. The SMILES string of the molecule is CCOC(=O)c1c(-c2ccccc2)c(-c2ccccc2)nn(CC(N)=O)c1=O. The van der Waals surface area contributed by atoms with Crippen LogP contribution >= 0.6 is 0 Å². The van der Waals surface area contributed by atoms with Gasteiger partial charge in [0.15, 0.2) is 0 Å². The molecular formula is C21H19N3O4. The van der Waals surface area contributed by atoms with Crippen LogP contribution in [0.1, 0.15) is 17.3 Å². The molecule has 142 valence electrons. The van der Waals surface area contributed by atoms with Crippen molar-refractivity contribution in [2.75, 3.05) is 6.61 Å². The minimum atomic E-state index is -0.774. The maximum Gasteiger partial charge on any atom is 0.344 e. The highest BCUT2D eigenvalue weighted by atomic mass is 16.5. The molecule has 0 atom stereocenters. The van der Waals surface area contributed by atoms with Crippen LogP contribution in [0.25, 0.3) is 22.4 Å². The number of primary amides is 1. The molecule has 7 heteroatoms. The highest BCUT2D eigenvalue weighted by Gasteiger charge is 2.26. The maximum absolute atomic E-state index is 13.0. The van der Waals surface area contributed by atoms with Gasteiger partial charge in [-0.15, -0.1) is 0 Å². The fourth-order valence-electron chi connectivity index (χ4n) is 2.90. The first kappa shape index (κ1) is 19.0. The molecular weight excluding hydrogens is 358 g/mol. The number of ether oxygens (including phenoxy) is 1. The van der Waals surface area contributed by atoms with Crippen molar-refractivity contribution in [2.45, 2.75) is 13.5 Å². The van der Waals surface area contributed by atoms with Gasteiger partial charge in [0.2, 0.25) is 5.91 Å². The van der Waals surface area contributed by atoms with Gasteiger partial charge in [-0.3, -0.25) is 9.59 Å². The Morgan fingerprint density at radius 1 is 1.00 bits per heavy atom. The zero-order chi connectivity index (χ0) is 20.1. The van der Waals surface area contributed by atoms with E-state index >= 15 is 0 Å². The molecule has 1 heterocycles. The summed E-state index contributed by atoms with van der Waals surface area (Å²) >= 11 is 0. The van der Waals surface area contributed by atoms with Gasteiger partial charge >= 0.3 is 5.97 Å². The Bertz CT molecular complexity index is 1060. The molecule has 28 heavy (non-hydrogen) atoms. The molecule has 3 aromatic rings. The minimum absolute atomic E-state index is 0.102. The Hall–Kier alpha value is -3.74. The smallest absolute Gasteiger partial charge is 0.344 e. The molecule has 0 saturated carbocycles. The molecule has 0 aliphatic heterocycles. The van der Waals surface area contributed by atoms with E-state index < -0.39 is 24.0 Å². The van der Waals surface area contributed by atoms with Crippen molar-refractivity contribution in [3.63, 3.8) is 0 Å². The number of amides is 1. The second kappa shape index (κ2) is 8.30. The first-order valence-corrected chi connectivity index (χ1v) is 8.74. The predicted molar refractivity (Wildman–Crippen MR) is 105 cm³/mol. The van der Waals surface area contributed by atoms with Gasteiger partial charge in [-0.25, -0.2) is 9.48 Å². The Kier molecular flexibility index (Phi) is 5.64. The number of hydrogen-bond donors (Lipinski definition) is 1. The molecule has 7 nitrogen and oxygen atoms in total. The average molecular weight is 377 g/mol. The molecule has 0 aliphatic rings. The highest BCUT2D eigenvalue weighted by molar-refractivity contribution is 6.00. The molecule has 0 bridgehead atoms. The van der Waals surface area contributed by atoms with Gasteiger partial charge in [-0.2, -0.15) is 5.10 Å². The van der Waals surface area contributed by atoms with Crippen LogP contribution in [0.4, 0.5) is 0 Å². The summed E-state index contributed by atoms with van der Waals surface area (Å²) in [4.78, 5) is 37.1. The summed E-state index contributed by atoms with van der Waals surface area (Å²) in [6.07, 6.45) is 0. The molecule has 0 aliphatic carbocycles. The first-order valence-electron chi connectivity index (χ1n) is 8.74. The Morgan fingerprint density at radius 2 is 1.57 bits per heavy atom. The number of benzene rings is 2. The zero-order valence-electron chi connectivity index (χ0n) is 15.3. The highest BCUT2D eigenvalue weighted by Crippen LogP contribution is 2.32. The molecule has 1 aromatic heterocycles. The van der Waals surface area contributed by atoms with E-state index in [2.05, 4.69) is 5.10 Å². The van der Waals surface area contributed by atoms with E-state index in [1.807, 2.05) is 36.4 Å². The van der Waals surface area contributed by atoms with Crippen LogP contribution in [0.3, 0.4) is 0 Å².